The molecule has 5 heteroatoms. The largest absolute Gasteiger partial charge is 0.507 e. The first-order valence-corrected chi connectivity index (χ1v) is 9.02. The van der Waals surface area contributed by atoms with Crippen LogP contribution in [0.2, 0.25) is 5.02 Å². The first-order chi connectivity index (χ1) is 13.1. The number of aryl methyl sites for hydroxylation is 1. The Labute approximate surface area is 161 Å². The Morgan fingerprint density at radius 3 is 2.85 bits per heavy atom. The van der Waals surface area contributed by atoms with E-state index in [0.29, 0.717) is 16.5 Å². The molecular formula is C22H17ClN2O2. The van der Waals surface area contributed by atoms with Gasteiger partial charge < -0.3 is 9.52 Å². The summed E-state index contributed by atoms with van der Waals surface area (Å²) in [7, 11) is 0. The Balaban J connectivity index is 1.66. The number of hydrogen-bond donors (Lipinski definition) is 1. The number of benzene rings is 3. The average Bonchev–Trinajstić information content (AvgIpc) is 3.12. The molecular weight excluding hydrogens is 360 g/mol. The molecule has 0 radical (unpaired) electrons. The van der Waals surface area contributed by atoms with E-state index in [2.05, 4.69) is 23.0 Å². The number of nitrogens with zero attached hydrogens (tertiary/aromatic N) is 2. The molecule has 0 amide bonds. The van der Waals surface area contributed by atoms with Crippen LogP contribution in [0.1, 0.15) is 18.1 Å². The van der Waals surface area contributed by atoms with Crippen molar-refractivity contribution in [3.8, 4) is 17.2 Å². The minimum atomic E-state index is 0.130. The lowest BCUT2D eigenvalue weighted by molar-refractivity contribution is 0.474. The summed E-state index contributed by atoms with van der Waals surface area (Å²) in [6.07, 6.45) is 2.54. The van der Waals surface area contributed by atoms with Crippen molar-refractivity contribution >= 4 is 34.6 Å². The molecule has 4 aromatic rings. The fraction of sp³-hybridized carbons (Fsp3) is 0.0909. The molecule has 0 atom stereocenters. The molecule has 0 spiro atoms. The highest BCUT2D eigenvalue weighted by Gasteiger charge is 2.09. The highest BCUT2D eigenvalue weighted by molar-refractivity contribution is 6.30. The molecule has 1 N–H and O–H groups in total. The van der Waals surface area contributed by atoms with Gasteiger partial charge in [0.25, 0.3) is 0 Å². The topological polar surface area (TPSA) is 58.6 Å². The van der Waals surface area contributed by atoms with Crippen LogP contribution in [0.3, 0.4) is 0 Å². The Morgan fingerprint density at radius 1 is 1.11 bits per heavy atom. The normalized spacial score (nSPS) is 11.5. The zero-order chi connectivity index (χ0) is 18.8. The van der Waals surface area contributed by atoms with E-state index in [1.54, 1.807) is 24.4 Å². The van der Waals surface area contributed by atoms with Crippen LogP contribution in [0.5, 0.6) is 5.75 Å². The quantitative estimate of drug-likeness (QED) is 0.433. The Bertz CT molecular complexity index is 1150. The molecule has 0 saturated carbocycles. The van der Waals surface area contributed by atoms with Crippen molar-refractivity contribution in [1.29, 1.82) is 0 Å². The van der Waals surface area contributed by atoms with E-state index in [1.165, 1.54) is 5.56 Å². The lowest BCUT2D eigenvalue weighted by Crippen LogP contribution is -1.82. The monoisotopic (exact) mass is 376 g/mol. The Kier molecular flexibility index (Phi) is 4.65. The molecule has 27 heavy (non-hydrogen) atoms. The summed E-state index contributed by atoms with van der Waals surface area (Å²) in [6.45, 7) is 2.11. The van der Waals surface area contributed by atoms with Crippen molar-refractivity contribution in [3.05, 3.63) is 76.8 Å². The van der Waals surface area contributed by atoms with Gasteiger partial charge in [-0.1, -0.05) is 30.7 Å². The smallest absolute Gasteiger partial charge is 0.227 e. The standard InChI is InChI=1S/C22H17ClN2O2/c1-2-14-6-9-21-19(10-14)25-22(27-21)15-4-3-5-18(12-15)24-13-16-11-17(23)7-8-20(16)26/h3-13,26H,2H2,1H3. The van der Waals surface area contributed by atoms with Gasteiger partial charge in [0.1, 0.15) is 11.3 Å². The molecule has 0 saturated heterocycles. The summed E-state index contributed by atoms with van der Waals surface area (Å²) in [5, 5.41) is 10.4. The number of aliphatic imine (C=N–C) groups is 1. The number of halogens is 1. The number of oxazole rings is 1. The van der Waals surface area contributed by atoms with Crippen LogP contribution in [0.4, 0.5) is 5.69 Å². The molecule has 0 aliphatic heterocycles. The number of hydrogen-bond acceptors (Lipinski definition) is 4. The van der Waals surface area contributed by atoms with Crippen molar-refractivity contribution in [2.45, 2.75) is 13.3 Å². The van der Waals surface area contributed by atoms with Gasteiger partial charge in [-0.2, -0.15) is 0 Å². The predicted octanol–water partition coefficient (Wildman–Crippen LogP) is 6.17. The zero-order valence-corrected chi connectivity index (χ0v) is 15.4. The molecule has 134 valence electrons. The van der Waals surface area contributed by atoms with Crippen LogP contribution < -0.4 is 0 Å². The highest BCUT2D eigenvalue weighted by Crippen LogP contribution is 2.28. The van der Waals surface area contributed by atoms with E-state index in [4.69, 9.17) is 16.0 Å². The first-order valence-electron chi connectivity index (χ1n) is 8.65. The van der Waals surface area contributed by atoms with Gasteiger partial charge in [-0.15, -0.1) is 0 Å². The fourth-order valence-electron chi connectivity index (χ4n) is 2.81. The lowest BCUT2D eigenvalue weighted by atomic mass is 10.1. The summed E-state index contributed by atoms with van der Waals surface area (Å²) >= 11 is 5.97. The van der Waals surface area contributed by atoms with Gasteiger partial charge in [-0.25, -0.2) is 4.98 Å². The van der Waals surface area contributed by atoms with Crippen molar-refractivity contribution in [1.82, 2.24) is 4.98 Å². The summed E-state index contributed by atoms with van der Waals surface area (Å²) in [6, 6.07) is 18.5. The second-order valence-electron chi connectivity index (χ2n) is 6.19. The molecule has 3 aromatic carbocycles. The van der Waals surface area contributed by atoms with Crippen LogP contribution in [-0.4, -0.2) is 16.3 Å². The number of phenols is 1. The minimum Gasteiger partial charge on any atom is -0.507 e. The van der Waals surface area contributed by atoms with Crippen LogP contribution in [0, 0.1) is 0 Å². The van der Waals surface area contributed by atoms with Crippen LogP contribution in [-0.2, 0) is 6.42 Å². The molecule has 0 aliphatic carbocycles. The number of rotatable bonds is 4. The number of phenolic OH excluding ortho intramolecular Hbond substituents is 1. The van der Waals surface area contributed by atoms with E-state index in [0.717, 1.165) is 28.8 Å². The molecule has 0 bridgehead atoms. The van der Waals surface area contributed by atoms with Crippen molar-refractivity contribution < 1.29 is 9.52 Å². The maximum absolute atomic E-state index is 9.89. The third-order valence-corrected chi connectivity index (χ3v) is 4.53. The van der Waals surface area contributed by atoms with E-state index >= 15 is 0 Å². The summed E-state index contributed by atoms with van der Waals surface area (Å²) in [5.74, 6) is 0.686. The third-order valence-electron chi connectivity index (χ3n) is 4.30. The molecule has 4 nitrogen and oxygen atoms in total. The highest BCUT2D eigenvalue weighted by atomic mass is 35.5. The minimum absolute atomic E-state index is 0.130. The van der Waals surface area contributed by atoms with Crippen LogP contribution in [0.25, 0.3) is 22.6 Å². The van der Waals surface area contributed by atoms with Crippen LogP contribution in [0.15, 0.2) is 70.1 Å². The van der Waals surface area contributed by atoms with Gasteiger partial charge in [0.2, 0.25) is 5.89 Å². The van der Waals surface area contributed by atoms with E-state index in [1.807, 2.05) is 36.4 Å². The molecule has 1 aromatic heterocycles. The maximum atomic E-state index is 9.89. The summed E-state index contributed by atoms with van der Waals surface area (Å²) < 4.78 is 5.89. The molecule has 0 aliphatic rings. The fourth-order valence-corrected chi connectivity index (χ4v) is 2.99. The van der Waals surface area contributed by atoms with Crippen molar-refractivity contribution in [3.63, 3.8) is 0 Å². The second-order valence-corrected chi connectivity index (χ2v) is 6.62. The SMILES string of the molecule is CCc1ccc2oc(-c3cccc(N=Cc4cc(Cl)ccc4O)c3)nc2c1. The van der Waals surface area contributed by atoms with Gasteiger partial charge in [0, 0.05) is 22.4 Å². The lowest BCUT2D eigenvalue weighted by Gasteiger charge is -2.00. The molecule has 4 rings (SSSR count). The third kappa shape index (κ3) is 3.71. The van der Waals surface area contributed by atoms with Gasteiger partial charge in [0.05, 0.1) is 5.69 Å². The maximum Gasteiger partial charge on any atom is 0.227 e. The van der Waals surface area contributed by atoms with Crippen molar-refractivity contribution in [2.75, 3.05) is 0 Å². The number of fused-ring (bicyclic) bond motifs is 1. The van der Waals surface area contributed by atoms with E-state index in [9.17, 15) is 5.11 Å². The first kappa shape index (κ1) is 17.3. The van der Waals surface area contributed by atoms with Gasteiger partial charge in [0.15, 0.2) is 5.58 Å². The zero-order valence-electron chi connectivity index (χ0n) is 14.7. The summed E-state index contributed by atoms with van der Waals surface area (Å²) in [5.41, 5.74) is 4.96. The summed E-state index contributed by atoms with van der Waals surface area (Å²) in [4.78, 5) is 9.03. The number of aromatic hydroxyl groups is 1. The van der Waals surface area contributed by atoms with Crippen molar-refractivity contribution in [2.24, 2.45) is 4.99 Å². The van der Waals surface area contributed by atoms with Gasteiger partial charge in [-0.3, -0.25) is 4.99 Å². The van der Waals surface area contributed by atoms with E-state index in [-0.39, 0.29) is 5.75 Å². The van der Waals surface area contributed by atoms with Crippen LogP contribution >= 0.6 is 11.6 Å². The average molecular weight is 377 g/mol. The molecule has 0 unspecified atom stereocenters. The molecule has 0 fully saturated rings. The Morgan fingerprint density at radius 2 is 2.00 bits per heavy atom. The molecule has 1 heterocycles. The van der Waals surface area contributed by atoms with Gasteiger partial charge >= 0.3 is 0 Å². The van der Waals surface area contributed by atoms with Gasteiger partial charge in [-0.05, 0) is 60.5 Å². The predicted molar refractivity (Wildman–Crippen MR) is 109 cm³/mol. The Hall–Kier alpha value is -3.11. The second kappa shape index (κ2) is 7.25. The van der Waals surface area contributed by atoms with E-state index < -0.39 is 0 Å². The number of aromatic nitrogens is 1.